The van der Waals surface area contributed by atoms with Crippen molar-refractivity contribution in [3.05, 3.63) is 42.1 Å². The Kier molecular flexibility index (Phi) is 2.59. The Morgan fingerprint density at radius 1 is 1.21 bits per heavy atom. The summed E-state index contributed by atoms with van der Waals surface area (Å²) in [5.74, 6) is 1.07. The van der Waals surface area contributed by atoms with Gasteiger partial charge in [0.2, 0.25) is 5.95 Å². The molecule has 0 aliphatic heterocycles. The topological polar surface area (TPSA) is 65.4 Å². The van der Waals surface area contributed by atoms with Gasteiger partial charge < -0.3 is 10.5 Å². The van der Waals surface area contributed by atoms with Crippen LogP contribution in [0.1, 0.15) is 5.56 Å². The molecule has 0 radical (unpaired) electrons. The second-order valence-corrected chi connectivity index (χ2v) is 4.36. The predicted octanol–water partition coefficient (Wildman–Crippen LogP) is 2.30. The van der Waals surface area contributed by atoms with Crippen LogP contribution in [0.25, 0.3) is 16.8 Å². The smallest absolute Gasteiger partial charge is 0.240 e. The van der Waals surface area contributed by atoms with Crippen molar-refractivity contribution in [2.24, 2.45) is 0 Å². The zero-order chi connectivity index (χ0) is 13.4. The Morgan fingerprint density at radius 3 is 2.84 bits per heavy atom. The van der Waals surface area contributed by atoms with Gasteiger partial charge in [-0.1, -0.05) is 11.6 Å². The van der Waals surface area contributed by atoms with Gasteiger partial charge in [0.1, 0.15) is 5.75 Å². The minimum atomic E-state index is 0.263. The maximum Gasteiger partial charge on any atom is 0.240 e. The second-order valence-electron chi connectivity index (χ2n) is 4.36. The number of methoxy groups -OCH3 is 1. The SMILES string of the molecule is COc1ccc(C)cc1-c1cccn2nc(N)nc12. The molecule has 5 nitrogen and oxygen atoms in total. The van der Waals surface area contributed by atoms with Gasteiger partial charge >= 0.3 is 0 Å². The molecular weight excluding hydrogens is 240 g/mol. The standard InChI is InChI=1S/C14H14N4O/c1-9-5-6-12(19-2)11(8-9)10-4-3-7-18-13(10)16-14(15)17-18/h3-8H,1-2H3,(H2,15,17). The van der Waals surface area contributed by atoms with Crippen LogP contribution in [0.3, 0.4) is 0 Å². The number of benzene rings is 1. The molecule has 0 bridgehead atoms. The van der Waals surface area contributed by atoms with Crippen LogP contribution in [-0.2, 0) is 0 Å². The van der Waals surface area contributed by atoms with Gasteiger partial charge in [-0.3, -0.25) is 0 Å². The first-order valence-corrected chi connectivity index (χ1v) is 5.95. The third kappa shape index (κ3) is 1.89. The predicted molar refractivity (Wildman–Crippen MR) is 74.1 cm³/mol. The maximum absolute atomic E-state index is 5.66. The first kappa shape index (κ1) is 11.5. The number of nitrogens with two attached hydrogens (primary N) is 1. The van der Waals surface area contributed by atoms with E-state index in [-0.39, 0.29) is 5.95 Å². The molecule has 5 heteroatoms. The zero-order valence-electron chi connectivity index (χ0n) is 10.8. The van der Waals surface area contributed by atoms with Gasteiger partial charge in [-0.05, 0) is 31.2 Å². The number of pyridine rings is 1. The van der Waals surface area contributed by atoms with E-state index >= 15 is 0 Å². The summed E-state index contributed by atoms with van der Waals surface area (Å²) in [6, 6.07) is 9.94. The first-order chi connectivity index (χ1) is 9.19. The van der Waals surface area contributed by atoms with Crippen molar-refractivity contribution in [2.45, 2.75) is 6.92 Å². The van der Waals surface area contributed by atoms with E-state index in [4.69, 9.17) is 10.5 Å². The van der Waals surface area contributed by atoms with Gasteiger partial charge in [-0.2, -0.15) is 4.98 Å². The Hall–Kier alpha value is -2.56. The Balaban J connectivity index is 2.32. The summed E-state index contributed by atoms with van der Waals surface area (Å²) in [5, 5.41) is 4.12. The summed E-state index contributed by atoms with van der Waals surface area (Å²) in [4.78, 5) is 4.27. The number of rotatable bonds is 2. The molecule has 0 saturated carbocycles. The second kappa shape index (κ2) is 4.28. The average Bonchev–Trinajstić information content (AvgIpc) is 2.78. The molecule has 1 aromatic carbocycles. The van der Waals surface area contributed by atoms with Crippen LogP contribution in [0.5, 0.6) is 5.75 Å². The molecule has 0 saturated heterocycles. The maximum atomic E-state index is 5.66. The van der Waals surface area contributed by atoms with Crippen molar-refractivity contribution in [3.8, 4) is 16.9 Å². The van der Waals surface area contributed by atoms with E-state index in [1.165, 1.54) is 0 Å². The average molecular weight is 254 g/mol. The number of fused-ring (bicyclic) bond motifs is 1. The number of aryl methyl sites for hydroxylation is 1. The van der Waals surface area contributed by atoms with Crippen LogP contribution in [-0.4, -0.2) is 21.7 Å². The molecule has 0 fully saturated rings. The lowest BCUT2D eigenvalue weighted by Crippen LogP contribution is -1.93. The van der Waals surface area contributed by atoms with Crippen molar-refractivity contribution in [3.63, 3.8) is 0 Å². The van der Waals surface area contributed by atoms with E-state index < -0.39 is 0 Å². The zero-order valence-corrected chi connectivity index (χ0v) is 10.8. The lowest BCUT2D eigenvalue weighted by molar-refractivity contribution is 0.416. The van der Waals surface area contributed by atoms with E-state index in [1.807, 2.05) is 37.4 Å². The fourth-order valence-electron chi connectivity index (χ4n) is 2.17. The van der Waals surface area contributed by atoms with Gasteiger partial charge in [-0.25, -0.2) is 4.52 Å². The highest BCUT2D eigenvalue weighted by molar-refractivity contribution is 5.82. The van der Waals surface area contributed by atoms with E-state index in [1.54, 1.807) is 11.6 Å². The fourth-order valence-corrected chi connectivity index (χ4v) is 2.17. The number of aromatic nitrogens is 3. The van der Waals surface area contributed by atoms with Crippen molar-refractivity contribution < 1.29 is 4.74 Å². The molecule has 0 amide bonds. The normalized spacial score (nSPS) is 10.8. The minimum Gasteiger partial charge on any atom is -0.496 e. The summed E-state index contributed by atoms with van der Waals surface area (Å²) in [5.41, 5.74) is 9.48. The molecule has 3 rings (SSSR count). The molecule has 0 spiro atoms. The molecule has 0 atom stereocenters. The summed E-state index contributed by atoms with van der Waals surface area (Å²) in [7, 11) is 1.66. The first-order valence-electron chi connectivity index (χ1n) is 5.95. The third-order valence-electron chi connectivity index (χ3n) is 3.02. The summed E-state index contributed by atoms with van der Waals surface area (Å²) >= 11 is 0. The van der Waals surface area contributed by atoms with Gasteiger partial charge in [0.25, 0.3) is 0 Å². The highest BCUT2D eigenvalue weighted by Gasteiger charge is 2.12. The number of hydrogen-bond acceptors (Lipinski definition) is 4. The minimum absolute atomic E-state index is 0.263. The van der Waals surface area contributed by atoms with Crippen LogP contribution in [0, 0.1) is 6.92 Å². The Morgan fingerprint density at radius 2 is 2.05 bits per heavy atom. The molecule has 2 N–H and O–H groups in total. The molecule has 19 heavy (non-hydrogen) atoms. The summed E-state index contributed by atoms with van der Waals surface area (Å²) in [6.07, 6.45) is 1.82. The molecule has 2 heterocycles. The van der Waals surface area contributed by atoms with Crippen molar-refractivity contribution in [1.29, 1.82) is 0 Å². The molecule has 0 aliphatic rings. The molecular formula is C14H14N4O. The highest BCUT2D eigenvalue weighted by Crippen LogP contribution is 2.33. The van der Waals surface area contributed by atoms with Gasteiger partial charge in [0, 0.05) is 17.3 Å². The molecule has 3 aromatic rings. The Labute approximate surface area is 110 Å². The number of nitrogen functional groups attached to an aromatic ring is 1. The van der Waals surface area contributed by atoms with E-state index in [0.29, 0.717) is 0 Å². The summed E-state index contributed by atoms with van der Waals surface area (Å²) in [6.45, 7) is 2.04. The van der Waals surface area contributed by atoms with E-state index in [2.05, 4.69) is 16.1 Å². The van der Waals surface area contributed by atoms with E-state index in [9.17, 15) is 0 Å². The number of ether oxygens (including phenoxy) is 1. The van der Waals surface area contributed by atoms with Crippen LogP contribution < -0.4 is 10.5 Å². The van der Waals surface area contributed by atoms with Gasteiger partial charge in [-0.15, -0.1) is 5.10 Å². The molecule has 0 unspecified atom stereocenters. The lowest BCUT2D eigenvalue weighted by Gasteiger charge is -2.10. The van der Waals surface area contributed by atoms with Crippen molar-refractivity contribution >= 4 is 11.6 Å². The highest BCUT2D eigenvalue weighted by atomic mass is 16.5. The van der Waals surface area contributed by atoms with Crippen molar-refractivity contribution in [2.75, 3.05) is 12.8 Å². The third-order valence-corrected chi connectivity index (χ3v) is 3.02. The quantitative estimate of drug-likeness (QED) is 0.762. The fraction of sp³-hybridized carbons (Fsp3) is 0.143. The molecule has 2 aromatic heterocycles. The molecule has 96 valence electrons. The number of hydrogen-bond donors (Lipinski definition) is 1. The largest absolute Gasteiger partial charge is 0.496 e. The number of anilines is 1. The van der Waals surface area contributed by atoms with Gasteiger partial charge in [0.05, 0.1) is 7.11 Å². The van der Waals surface area contributed by atoms with Crippen LogP contribution in [0.15, 0.2) is 36.5 Å². The van der Waals surface area contributed by atoms with Crippen LogP contribution in [0.2, 0.25) is 0 Å². The number of nitrogens with zero attached hydrogens (tertiary/aromatic N) is 3. The van der Waals surface area contributed by atoms with Gasteiger partial charge in [0.15, 0.2) is 5.65 Å². The van der Waals surface area contributed by atoms with Crippen LogP contribution in [0.4, 0.5) is 5.95 Å². The monoisotopic (exact) mass is 254 g/mol. The Bertz CT molecular complexity index is 748. The van der Waals surface area contributed by atoms with Crippen LogP contribution >= 0.6 is 0 Å². The van der Waals surface area contributed by atoms with E-state index in [0.717, 1.165) is 28.1 Å². The lowest BCUT2D eigenvalue weighted by atomic mass is 10.0. The summed E-state index contributed by atoms with van der Waals surface area (Å²) < 4.78 is 7.09. The van der Waals surface area contributed by atoms with Crippen molar-refractivity contribution in [1.82, 2.24) is 14.6 Å². The molecule has 0 aliphatic carbocycles.